The zero-order valence-electron chi connectivity index (χ0n) is 12.1. The first-order valence-corrected chi connectivity index (χ1v) is 7.57. The van der Waals surface area contributed by atoms with Crippen molar-refractivity contribution >= 4 is 0 Å². The van der Waals surface area contributed by atoms with Crippen molar-refractivity contribution < 1.29 is 0 Å². The van der Waals surface area contributed by atoms with Crippen LogP contribution in [0, 0.1) is 12.8 Å². The van der Waals surface area contributed by atoms with E-state index in [1.54, 1.807) is 0 Å². The summed E-state index contributed by atoms with van der Waals surface area (Å²) in [7, 11) is 0. The third-order valence-corrected chi connectivity index (χ3v) is 4.08. The Bertz CT molecular complexity index is 350. The third kappa shape index (κ3) is 3.58. The predicted molar refractivity (Wildman–Crippen MR) is 78.8 cm³/mol. The van der Waals surface area contributed by atoms with Crippen LogP contribution in [0.5, 0.6) is 0 Å². The van der Waals surface area contributed by atoms with Crippen LogP contribution >= 0.6 is 0 Å². The summed E-state index contributed by atoms with van der Waals surface area (Å²) >= 11 is 0. The maximum atomic E-state index is 3.90. The Kier molecular flexibility index (Phi) is 4.82. The highest BCUT2D eigenvalue weighted by molar-refractivity contribution is 5.25. The molecule has 0 amide bonds. The summed E-state index contributed by atoms with van der Waals surface area (Å²) in [5, 5.41) is 3.90. The number of rotatable bonds is 7. The molecule has 0 heterocycles. The van der Waals surface area contributed by atoms with Gasteiger partial charge >= 0.3 is 0 Å². The van der Waals surface area contributed by atoms with Gasteiger partial charge in [-0.05, 0) is 44.1 Å². The van der Waals surface area contributed by atoms with Gasteiger partial charge in [-0.15, -0.1) is 0 Å². The lowest BCUT2D eigenvalue weighted by Crippen LogP contribution is -2.33. The third-order valence-electron chi connectivity index (χ3n) is 4.08. The highest BCUT2D eigenvalue weighted by Gasteiger charge is 2.33. The number of hydrogen-bond acceptors (Lipinski definition) is 1. The Morgan fingerprint density at radius 2 is 1.83 bits per heavy atom. The van der Waals surface area contributed by atoms with Crippen LogP contribution in [0.15, 0.2) is 24.3 Å². The van der Waals surface area contributed by atoms with Crippen molar-refractivity contribution in [3.05, 3.63) is 35.4 Å². The number of nitrogens with one attached hydrogen (secondary N) is 1. The molecule has 0 saturated heterocycles. The summed E-state index contributed by atoms with van der Waals surface area (Å²) in [6, 6.07) is 10.4. The van der Waals surface area contributed by atoms with Gasteiger partial charge in [-0.3, -0.25) is 0 Å². The molecule has 0 bridgehead atoms. The fourth-order valence-electron chi connectivity index (χ4n) is 2.72. The summed E-state index contributed by atoms with van der Waals surface area (Å²) in [4.78, 5) is 0. The van der Waals surface area contributed by atoms with Gasteiger partial charge < -0.3 is 5.32 Å². The van der Waals surface area contributed by atoms with E-state index in [1.807, 2.05) is 0 Å². The molecule has 0 radical (unpaired) electrons. The summed E-state index contributed by atoms with van der Waals surface area (Å²) < 4.78 is 0. The van der Waals surface area contributed by atoms with Crippen LogP contribution in [-0.4, -0.2) is 6.04 Å². The van der Waals surface area contributed by atoms with Crippen LogP contribution in [0.1, 0.15) is 63.1 Å². The fraction of sp³-hybridized carbons (Fsp3) is 0.647. The molecule has 0 spiro atoms. The number of aryl methyl sites for hydroxylation is 1. The maximum absolute atomic E-state index is 3.90. The van der Waals surface area contributed by atoms with Crippen molar-refractivity contribution in [2.75, 3.05) is 0 Å². The smallest absolute Gasteiger partial charge is 0.0351 e. The first-order chi connectivity index (χ1) is 8.74. The van der Waals surface area contributed by atoms with E-state index in [2.05, 4.69) is 50.4 Å². The molecule has 1 heteroatoms. The first-order valence-electron chi connectivity index (χ1n) is 7.57. The quantitative estimate of drug-likeness (QED) is 0.739. The topological polar surface area (TPSA) is 12.0 Å². The van der Waals surface area contributed by atoms with E-state index < -0.39 is 0 Å². The van der Waals surface area contributed by atoms with Crippen molar-refractivity contribution in [1.29, 1.82) is 0 Å². The molecule has 1 aromatic carbocycles. The highest BCUT2D eigenvalue weighted by Crippen LogP contribution is 2.41. The minimum atomic E-state index is 0.585. The average molecular weight is 245 g/mol. The lowest BCUT2D eigenvalue weighted by molar-refractivity contribution is 0.375. The molecule has 18 heavy (non-hydrogen) atoms. The lowest BCUT2D eigenvalue weighted by Gasteiger charge is -2.25. The van der Waals surface area contributed by atoms with E-state index in [0.717, 1.165) is 5.92 Å². The van der Waals surface area contributed by atoms with Gasteiger partial charge in [-0.25, -0.2) is 0 Å². The van der Waals surface area contributed by atoms with Gasteiger partial charge in [-0.1, -0.05) is 50.1 Å². The molecule has 2 unspecified atom stereocenters. The van der Waals surface area contributed by atoms with Crippen LogP contribution < -0.4 is 5.32 Å². The molecule has 0 aliphatic heterocycles. The Morgan fingerprint density at radius 1 is 1.17 bits per heavy atom. The maximum Gasteiger partial charge on any atom is 0.0351 e. The lowest BCUT2D eigenvalue weighted by atomic mass is 9.98. The molecule has 1 aliphatic carbocycles. The number of benzene rings is 1. The van der Waals surface area contributed by atoms with Crippen LogP contribution in [0.25, 0.3) is 0 Å². The van der Waals surface area contributed by atoms with Gasteiger partial charge in [-0.2, -0.15) is 0 Å². The SMILES string of the molecule is CCCC(CC)NC(c1ccc(C)cc1)C1CC1. The van der Waals surface area contributed by atoms with Gasteiger partial charge in [0.15, 0.2) is 0 Å². The minimum absolute atomic E-state index is 0.585. The Labute approximate surface area is 112 Å². The standard InChI is InChI=1S/C17H27N/c1-4-6-16(5-2)18-17(15-11-12-15)14-9-7-13(3)8-10-14/h7-10,15-18H,4-6,11-12H2,1-3H3. The van der Waals surface area contributed by atoms with Gasteiger partial charge in [0.25, 0.3) is 0 Å². The summed E-state index contributed by atoms with van der Waals surface area (Å²) in [5.41, 5.74) is 2.84. The van der Waals surface area contributed by atoms with Crippen LogP contribution in [0.2, 0.25) is 0 Å². The van der Waals surface area contributed by atoms with Crippen molar-refractivity contribution in [2.24, 2.45) is 5.92 Å². The Hall–Kier alpha value is -0.820. The van der Waals surface area contributed by atoms with Crippen molar-refractivity contribution in [3.8, 4) is 0 Å². The summed E-state index contributed by atoms with van der Waals surface area (Å²) in [6.07, 6.45) is 6.60. The zero-order valence-corrected chi connectivity index (χ0v) is 12.1. The van der Waals surface area contributed by atoms with Gasteiger partial charge in [0.05, 0.1) is 0 Å². The molecule has 1 fully saturated rings. The van der Waals surface area contributed by atoms with Gasteiger partial charge in [0.1, 0.15) is 0 Å². The number of hydrogen-bond donors (Lipinski definition) is 1. The van der Waals surface area contributed by atoms with Crippen molar-refractivity contribution in [1.82, 2.24) is 5.32 Å². The van der Waals surface area contributed by atoms with Crippen LogP contribution in [-0.2, 0) is 0 Å². The second kappa shape index (κ2) is 6.38. The van der Waals surface area contributed by atoms with E-state index in [0.29, 0.717) is 12.1 Å². The van der Waals surface area contributed by atoms with E-state index in [1.165, 1.54) is 43.2 Å². The molecule has 2 rings (SSSR count). The minimum Gasteiger partial charge on any atom is -0.307 e. The van der Waals surface area contributed by atoms with Crippen LogP contribution in [0.4, 0.5) is 0 Å². The van der Waals surface area contributed by atoms with E-state index in [-0.39, 0.29) is 0 Å². The molecule has 100 valence electrons. The second-order valence-corrected chi connectivity index (χ2v) is 5.79. The van der Waals surface area contributed by atoms with Gasteiger partial charge in [0, 0.05) is 12.1 Å². The average Bonchev–Trinajstić information content (AvgIpc) is 3.20. The molecule has 1 N–H and O–H groups in total. The molecule has 0 aromatic heterocycles. The van der Waals surface area contributed by atoms with E-state index in [9.17, 15) is 0 Å². The molecule has 1 nitrogen and oxygen atoms in total. The Morgan fingerprint density at radius 3 is 2.33 bits per heavy atom. The summed E-state index contributed by atoms with van der Waals surface area (Å²) in [6.45, 7) is 6.74. The first kappa shape index (κ1) is 13.6. The molecule has 1 saturated carbocycles. The largest absolute Gasteiger partial charge is 0.307 e. The van der Waals surface area contributed by atoms with E-state index in [4.69, 9.17) is 0 Å². The molecular formula is C17H27N. The van der Waals surface area contributed by atoms with Crippen LogP contribution in [0.3, 0.4) is 0 Å². The normalized spacial score (nSPS) is 18.6. The zero-order chi connectivity index (χ0) is 13.0. The van der Waals surface area contributed by atoms with Crippen molar-refractivity contribution in [2.45, 2.75) is 65.0 Å². The second-order valence-electron chi connectivity index (χ2n) is 5.79. The summed E-state index contributed by atoms with van der Waals surface area (Å²) in [5.74, 6) is 0.874. The van der Waals surface area contributed by atoms with Gasteiger partial charge in [0.2, 0.25) is 0 Å². The Balaban J connectivity index is 2.05. The predicted octanol–water partition coefficient (Wildman–Crippen LogP) is 4.61. The molecule has 1 aliphatic rings. The molecule has 1 aromatic rings. The van der Waals surface area contributed by atoms with E-state index >= 15 is 0 Å². The fourth-order valence-corrected chi connectivity index (χ4v) is 2.72. The molecular weight excluding hydrogens is 218 g/mol. The highest BCUT2D eigenvalue weighted by atomic mass is 15.0. The van der Waals surface area contributed by atoms with Crippen molar-refractivity contribution in [3.63, 3.8) is 0 Å². The molecule has 2 atom stereocenters. The monoisotopic (exact) mass is 245 g/mol.